The predicted molar refractivity (Wildman–Crippen MR) is 61.0 cm³/mol. The van der Waals surface area contributed by atoms with Gasteiger partial charge in [-0.15, -0.1) is 12.4 Å². The van der Waals surface area contributed by atoms with Crippen LogP contribution < -0.4 is 5.32 Å². The predicted octanol–water partition coefficient (Wildman–Crippen LogP) is 2.52. The first-order chi connectivity index (χ1) is 6.22. The zero-order chi connectivity index (χ0) is 9.68. The Labute approximate surface area is 91.1 Å². The van der Waals surface area contributed by atoms with E-state index in [2.05, 4.69) is 5.32 Å². The summed E-state index contributed by atoms with van der Waals surface area (Å²) in [4.78, 5) is 0. The molecule has 0 aliphatic carbocycles. The molecule has 1 atom stereocenters. The maximum absolute atomic E-state index is 13.1. The number of rotatable bonds is 4. The van der Waals surface area contributed by atoms with Gasteiger partial charge in [0.2, 0.25) is 0 Å². The van der Waals surface area contributed by atoms with Gasteiger partial charge in [0.15, 0.2) is 0 Å². The van der Waals surface area contributed by atoms with Crippen molar-refractivity contribution in [1.29, 1.82) is 0 Å². The van der Waals surface area contributed by atoms with E-state index in [-0.39, 0.29) is 12.4 Å². The SMILES string of the molecule is CNCC(F)Cc1ccc(C)cc1.Cl. The van der Waals surface area contributed by atoms with Crippen LogP contribution >= 0.6 is 12.4 Å². The summed E-state index contributed by atoms with van der Waals surface area (Å²) in [5, 5.41) is 2.82. The van der Waals surface area contributed by atoms with E-state index >= 15 is 0 Å². The van der Waals surface area contributed by atoms with E-state index in [0.717, 1.165) is 5.56 Å². The molecule has 3 heteroatoms. The van der Waals surface area contributed by atoms with Gasteiger partial charge in [-0.2, -0.15) is 0 Å². The Balaban J connectivity index is 0.00000169. The molecule has 0 aliphatic heterocycles. The van der Waals surface area contributed by atoms with Gasteiger partial charge in [0.25, 0.3) is 0 Å². The van der Waals surface area contributed by atoms with Gasteiger partial charge in [0.1, 0.15) is 6.17 Å². The van der Waals surface area contributed by atoms with Crippen LogP contribution in [-0.2, 0) is 6.42 Å². The van der Waals surface area contributed by atoms with Gasteiger partial charge >= 0.3 is 0 Å². The van der Waals surface area contributed by atoms with Crippen molar-refractivity contribution in [1.82, 2.24) is 5.32 Å². The Bertz CT molecular complexity index is 248. The topological polar surface area (TPSA) is 12.0 Å². The van der Waals surface area contributed by atoms with Crippen molar-refractivity contribution in [2.45, 2.75) is 19.5 Å². The lowest BCUT2D eigenvalue weighted by Crippen LogP contribution is -2.21. The number of hydrogen-bond donors (Lipinski definition) is 1. The summed E-state index contributed by atoms with van der Waals surface area (Å²) >= 11 is 0. The molecule has 0 saturated heterocycles. The molecule has 0 bridgehead atoms. The highest BCUT2D eigenvalue weighted by molar-refractivity contribution is 5.85. The third-order valence-corrected chi connectivity index (χ3v) is 2.00. The van der Waals surface area contributed by atoms with E-state index in [4.69, 9.17) is 0 Å². The van der Waals surface area contributed by atoms with Crippen LogP contribution in [0.25, 0.3) is 0 Å². The van der Waals surface area contributed by atoms with E-state index in [1.807, 2.05) is 31.2 Å². The first-order valence-corrected chi connectivity index (χ1v) is 4.56. The number of benzene rings is 1. The van der Waals surface area contributed by atoms with E-state index in [1.54, 1.807) is 7.05 Å². The zero-order valence-corrected chi connectivity index (χ0v) is 9.40. The molecule has 0 saturated carbocycles. The van der Waals surface area contributed by atoms with E-state index < -0.39 is 6.17 Å². The van der Waals surface area contributed by atoms with E-state index in [9.17, 15) is 4.39 Å². The fraction of sp³-hybridized carbons (Fsp3) is 0.455. The second kappa shape index (κ2) is 6.80. The molecule has 1 N–H and O–H groups in total. The molecule has 0 spiro atoms. The summed E-state index contributed by atoms with van der Waals surface area (Å²) in [6.07, 6.45) is -0.283. The summed E-state index contributed by atoms with van der Waals surface area (Å²) in [6.45, 7) is 2.46. The summed E-state index contributed by atoms with van der Waals surface area (Å²) in [6, 6.07) is 8.00. The van der Waals surface area contributed by atoms with Crippen molar-refractivity contribution in [3.05, 3.63) is 35.4 Å². The van der Waals surface area contributed by atoms with Crippen molar-refractivity contribution >= 4 is 12.4 Å². The molecule has 0 fully saturated rings. The third-order valence-electron chi connectivity index (χ3n) is 2.00. The van der Waals surface area contributed by atoms with Crippen LogP contribution in [0.2, 0.25) is 0 Å². The molecule has 1 nitrogen and oxygen atoms in total. The Hall–Kier alpha value is -0.600. The fourth-order valence-electron chi connectivity index (χ4n) is 1.27. The minimum absolute atomic E-state index is 0. The Morgan fingerprint density at radius 2 is 1.86 bits per heavy atom. The Kier molecular flexibility index (Phi) is 6.50. The molecule has 0 radical (unpaired) electrons. The number of alkyl halides is 1. The molecular formula is C11H17ClFN. The van der Waals surface area contributed by atoms with Gasteiger partial charge in [-0.25, -0.2) is 4.39 Å². The molecule has 0 aliphatic rings. The molecule has 1 aromatic rings. The van der Waals surface area contributed by atoms with Crippen molar-refractivity contribution < 1.29 is 4.39 Å². The number of halogens is 2. The standard InChI is InChI=1S/C11H16FN.ClH/c1-9-3-5-10(6-4-9)7-11(12)8-13-2;/h3-6,11,13H,7-8H2,1-2H3;1H. The molecule has 0 amide bonds. The maximum Gasteiger partial charge on any atom is 0.116 e. The van der Waals surface area contributed by atoms with E-state index in [0.29, 0.717) is 13.0 Å². The molecular weight excluding hydrogens is 201 g/mol. The van der Waals surface area contributed by atoms with Crippen molar-refractivity contribution in [2.24, 2.45) is 0 Å². The van der Waals surface area contributed by atoms with Crippen molar-refractivity contribution in [2.75, 3.05) is 13.6 Å². The van der Waals surface area contributed by atoms with Gasteiger partial charge in [-0.1, -0.05) is 29.8 Å². The van der Waals surface area contributed by atoms with Gasteiger partial charge in [0, 0.05) is 13.0 Å². The number of hydrogen-bond acceptors (Lipinski definition) is 1. The lowest BCUT2D eigenvalue weighted by molar-refractivity contribution is 0.324. The molecule has 80 valence electrons. The fourth-order valence-corrected chi connectivity index (χ4v) is 1.27. The molecule has 1 rings (SSSR count). The summed E-state index contributed by atoms with van der Waals surface area (Å²) < 4.78 is 13.1. The molecule has 1 unspecified atom stereocenters. The Morgan fingerprint density at radius 1 is 1.29 bits per heavy atom. The molecule has 0 aromatic heterocycles. The van der Waals surface area contributed by atoms with Gasteiger partial charge < -0.3 is 5.32 Å². The van der Waals surface area contributed by atoms with Crippen LogP contribution in [0.3, 0.4) is 0 Å². The van der Waals surface area contributed by atoms with Gasteiger partial charge in [-0.05, 0) is 19.5 Å². The average molecular weight is 218 g/mol. The van der Waals surface area contributed by atoms with Crippen LogP contribution in [-0.4, -0.2) is 19.8 Å². The third kappa shape index (κ3) is 4.58. The highest BCUT2D eigenvalue weighted by atomic mass is 35.5. The van der Waals surface area contributed by atoms with Gasteiger partial charge in [-0.3, -0.25) is 0 Å². The van der Waals surface area contributed by atoms with E-state index in [1.165, 1.54) is 5.56 Å². The summed E-state index contributed by atoms with van der Waals surface area (Å²) in [5.41, 5.74) is 2.28. The lowest BCUT2D eigenvalue weighted by atomic mass is 10.1. The van der Waals surface area contributed by atoms with Crippen LogP contribution in [0, 0.1) is 6.92 Å². The minimum Gasteiger partial charge on any atom is -0.317 e. The molecule has 1 aromatic carbocycles. The number of nitrogens with one attached hydrogen (secondary N) is 1. The highest BCUT2D eigenvalue weighted by Gasteiger charge is 2.05. The quantitative estimate of drug-likeness (QED) is 0.818. The van der Waals surface area contributed by atoms with Crippen LogP contribution in [0.4, 0.5) is 4.39 Å². The van der Waals surface area contributed by atoms with Crippen molar-refractivity contribution in [3.8, 4) is 0 Å². The largest absolute Gasteiger partial charge is 0.317 e. The maximum atomic E-state index is 13.1. The monoisotopic (exact) mass is 217 g/mol. The zero-order valence-electron chi connectivity index (χ0n) is 8.59. The second-order valence-corrected chi connectivity index (χ2v) is 3.34. The van der Waals surface area contributed by atoms with Crippen LogP contribution in [0.1, 0.15) is 11.1 Å². The van der Waals surface area contributed by atoms with Crippen LogP contribution in [0.15, 0.2) is 24.3 Å². The first-order valence-electron chi connectivity index (χ1n) is 4.56. The smallest absolute Gasteiger partial charge is 0.116 e. The highest BCUT2D eigenvalue weighted by Crippen LogP contribution is 2.07. The normalized spacial score (nSPS) is 11.9. The Morgan fingerprint density at radius 3 is 2.36 bits per heavy atom. The molecule has 0 heterocycles. The number of aryl methyl sites for hydroxylation is 1. The lowest BCUT2D eigenvalue weighted by Gasteiger charge is -2.07. The first kappa shape index (κ1) is 13.4. The average Bonchev–Trinajstić information content (AvgIpc) is 2.09. The summed E-state index contributed by atoms with van der Waals surface area (Å²) in [7, 11) is 1.77. The minimum atomic E-state index is -0.785. The van der Waals surface area contributed by atoms with Crippen LogP contribution in [0.5, 0.6) is 0 Å². The van der Waals surface area contributed by atoms with Crippen molar-refractivity contribution in [3.63, 3.8) is 0 Å². The van der Waals surface area contributed by atoms with Gasteiger partial charge in [0.05, 0.1) is 0 Å². The summed E-state index contributed by atoms with van der Waals surface area (Å²) in [5.74, 6) is 0. The second-order valence-electron chi connectivity index (χ2n) is 3.34. The molecule has 14 heavy (non-hydrogen) atoms.